The van der Waals surface area contributed by atoms with E-state index in [-0.39, 0.29) is 12.4 Å². The Morgan fingerprint density at radius 3 is 2.37 bits per heavy atom. The van der Waals surface area contributed by atoms with Crippen LogP contribution >= 0.6 is 35.6 Å². The van der Waals surface area contributed by atoms with Gasteiger partial charge in [-0.25, -0.2) is 0 Å². The maximum atomic E-state index is 6.12. The van der Waals surface area contributed by atoms with Crippen molar-refractivity contribution < 1.29 is 0 Å². The molecule has 0 radical (unpaired) electrons. The summed E-state index contributed by atoms with van der Waals surface area (Å²) in [5, 5.41) is 4.63. The Morgan fingerprint density at radius 1 is 0.895 bits per heavy atom. The fourth-order valence-corrected chi connectivity index (χ4v) is 2.17. The lowest BCUT2D eigenvalue weighted by Gasteiger charge is -2.07. The summed E-state index contributed by atoms with van der Waals surface area (Å²) in [6.45, 7) is 1.67. The minimum Gasteiger partial charge on any atom is -0.312 e. The topological polar surface area (TPSA) is 12.0 Å². The zero-order chi connectivity index (χ0) is 12.8. The number of rotatable bonds is 5. The van der Waals surface area contributed by atoms with Crippen LogP contribution in [0.15, 0.2) is 48.5 Å². The van der Waals surface area contributed by atoms with Crippen molar-refractivity contribution in [3.8, 4) is 0 Å². The summed E-state index contributed by atoms with van der Waals surface area (Å²) < 4.78 is 0. The number of hydrogen-bond donors (Lipinski definition) is 1. The molecular formula is C15H16Cl3N. The molecule has 0 aliphatic rings. The molecule has 0 saturated carbocycles. The van der Waals surface area contributed by atoms with Crippen LogP contribution < -0.4 is 5.32 Å². The molecule has 0 aromatic heterocycles. The van der Waals surface area contributed by atoms with Gasteiger partial charge >= 0.3 is 0 Å². The van der Waals surface area contributed by atoms with Crippen molar-refractivity contribution in [2.24, 2.45) is 0 Å². The van der Waals surface area contributed by atoms with Gasteiger partial charge in [0, 0.05) is 6.54 Å². The number of nitrogens with one attached hydrogen (secondary N) is 1. The first-order valence-electron chi connectivity index (χ1n) is 5.95. The maximum absolute atomic E-state index is 6.12. The van der Waals surface area contributed by atoms with Crippen molar-refractivity contribution in [1.82, 2.24) is 5.32 Å². The van der Waals surface area contributed by atoms with Crippen LogP contribution in [0.4, 0.5) is 0 Å². The van der Waals surface area contributed by atoms with Crippen LogP contribution in [0.1, 0.15) is 11.1 Å². The van der Waals surface area contributed by atoms with E-state index in [0.717, 1.165) is 25.1 Å². The number of halogens is 3. The fourth-order valence-electron chi connectivity index (χ4n) is 1.79. The highest BCUT2D eigenvalue weighted by Crippen LogP contribution is 2.25. The average molecular weight is 317 g/mol. The van der Waals surface area contributed by atoms with Gasteiger partial charge in [-0.05, 0) is 30.2 Å². The van der Waals surface area contributed by atoms with E-state index in [9.17, 15) is 0 Å². The van der Waals surface area contributed by atoms with Crippen LogP contribution in [0, 0.1) is 0 Å². The first-order chi connectivity index (χ1) is 8.77. The van der Waals surface area contributed by atoms with Crippen molar-refractivity contribution in [3.63, 3.8) is 0 Å². The Labute approximate surface area is 130 Å². The molecule has 1 N–H and O–H groups in total. The lowest BCUT2D eigenvalue weighted by atomic mass is 10.1. The maximum Gasteiger partial charge on any atom is 0.0637 e. The standard InChI is InChI=1S/C15H15Cl2N.ClH/c16-14-8-4-7-13(15(14)17)11-18-10-9-12-5-2-1-3-6-12;/h1-8,18H,9-11H2;1H. The van der Waals surface area contributed by atoms with Crippen molar-refractivity contribution in [3.05, 3.63) is 69.7 Å². The highest BCUT2D eigenvalue weighted by Gasteiger charge is 2.03. The van der Waals surface area contributed by atoms with Crippen molar-refractivity contribution in [2.45, 2.75) is 13.0 Å². The van der Waals surface area contributed by atoms with E-state index in [0.29, 0.717) is 10.0 Å². The Morgan fingerprint density at radius 2 is 1.63 bits per heavy atom. The minimum atomic E-state index is 0. The second-order valence-corrected chi connectivity index (χ2v) is 4.91. The van der Waals surface area contributed by atoms with E-state index < -0.39 is 0 Å². The molecule has 19 heavy (non-hydrogen) atoms. The second-order valence-electron chi connectivity index (χ2n) is 4.13. The third kappa shape index (κ3) is 5.04. The van der Waals surface area contributed by atoms with Gasteiger partial charge in [0.2, 0.25) is 0 Å². The van der Waals surface area contributed by atoms with Crippen molar-refractivity contribution in [2.75, 3.05) is 6.54 Å². The SMILES string of the molecule is Cl.Clc1cccc(CNCCc2ccccc2)c1Cl. The molecule has 2 rings (SSSR count). The Balaban J connectivity index is 0.00000180. The van der Waals surface area contributed by atoms with Crippen LogP contribution in [0.2, 0.25) is 10.0 Å². The van der Waals surface area contributed by atoms with Gasteiger partial charge in [0.05, 0.1) is 10.0 Å². The van der Waals surface area contributed by atoms with Crippen LogP contribution in [0.5, 0.6) is 0 Å². The lowest BCUT2D eigenvalue weighted by molar-refractivity contribution is 0.687. The third-order valence-corrected chi connectivity index (χ3v) is 3.64. The van der Waals surface area contributed by atoms with E-state index in [1.165, 1.54) is 5.56 Å². The van der Waals surface area contributed by atoms with Gasteiger partial charge in [0.25, 0.3) is 0 Å². The quantitative estimate of drug-likeness (QED) is 0.785. The molecule has 0 aliphatic carbocycles. The summed E-state index contributed by atoms with van der Waals surface area (Å²) in [6, 6.07) is 16.1. The van der Waals surface area contributed by atoms with E-state index >= 15 is 0 Å². The summed E-state index contributed by atoms with van der Waals surface area (Å²) in [4.78, 5) is 0. The summed E-state index contributed by atoms with van der Waals surface area (Å²) in [7, 11) is 0. The number of benzene rings is 2. The molecule has 0 fully saturated rings. The summed E-state index contributed by atoms with van der Waals surface area (Å²) in [5.41, 5.74) is 2.37. The second kappa shape index (κ2) is 8.44. The molecule has 0 saturated heterocycles. The Kier molecular flexibility index (Phi) is 7.25. The van der Waals surface area contributed by atoms with Crippen molar-refractivity contribution >= 4 is 35.6 Å². The molecule has 0 unspecified atom stereocenters. The summed E-state index contributed by atoms with van der Waals surface area (Å²) in [6.07, 6.45) is 1.01. The Bertz CT molecular complexity index is 500. The predicted molar refractivity (Wildman–Crippen MR) is 85.6 cm³/mol. The molecule has 0 atom stereocenters. The zero-order valence-corrected chi connectivity index (χ0v) is 12.7. The Hall–Kier alpha value is -0.730. The molecule has 0 heterocycles. The molecular weight excluding hydrogens is 301 g/mol. The lowest BCUT2D eigenvalue weighted by Crippen LogP contribution is -2.16. The molecule has 0 aliphatic heterocycles. The molecule has 102 valence electrons. The van der Waals surface area contributed by atoms with Crippen LogP contribution in [0.25, 0.3) is 0 Å². The van der Waals surface area contributed by atoms with Gasteiger partial charge in [-0.3, -0.25) is 0 Å². The molecule has 1 nitrogen and oxygen atoms in total. The van der Waals surface area contributed by atoms with E-state index in [2.05, 4.69) is 29.6 Å². The molecule has 4 heteroatoms. The van der Waals surface area contributed by atoms with E-state index in [4.69, 9.17) is 23.2 Å². The third-order valence-electron chi connectivity index (χ3n) is 2.78. The van der Waals surface area contributed by atoms with Crippen LogP contribution in [-0.4, -0.2) is 6.54 Å². The average Bonchev–Trinajstić information content (AvgIpc) is 2.40. The van der Waals surface area contributed by atoms with Gasteiger partial charge < -0.3 is 5.32 Å². The first-order valence-corrected chi connectivity index (χ1v) is 6.70. The fraction of sp³-hybridized carbons (Fsp3) is 0.200. The van der Waals surface area contributed by atoms with E-state index in [1.807, 2.05) is 18.2 Å². The predicted octanol–water partition coefficient (Wildman–Crippen LogP) is 4.75. The normalized spacial score (nSPS) is 10.0. The molecule has 0 bridgehead atoms. The van der Waals surface area contributed by atoms with Gasteiger partial charge in [0.15, 0.2) is 0 Å². The highest BCUT2D eigenvalue weighted by molar-refractivity contribution is 6.42. The summed E-state index contributed by atoms with van der Waals surface area (Å²) >= 11 is 12.1. The smallest absolute Gasteiger partial charge is 0.0637 e. The minimum absolute atomic E-state index is 0. The molecule has 0 amide bonds. The zero-order valence-electron chi connectivity index (χ0n) is 10.4. The van der Waals surface area contributed by atoms with Crippen LogP contribution in [0.3, 0.4) is 0 Å². The first kappa shape index (κ1) is 16.3. The van der Waals surface area contributed by atoms with Gasteiger partial charge in [-0.1, -0.05) is 65.7 Å². The molecule has 2 aromatic carbocycles. The van der Waals surface area contributed by atoms with Gasteiger partial charge in [-0.2, -0.15) is 0 Å². The van der Waals surface area contributed by atoms with Crippen LogP contribution in [-0.2, 0) is 13.0 Å². The highest BCUT2D eigenvalue weighted by atomic mass is 35.5. The van der Waals surface area contributed by atoms with Crippen molar-refractivity contribution in [1.29, 1.82) is 0 Å². The van der Waals surface area contributed by atoms with Gasteiger partial charge in [-0.15, -0.1) is 12.4 Å². The number of hydrogen-bond acceptors (Lipinski definition) is 1. The molecule has 2 aromatic rings. The van der Waals surface area contributed by atoms with Gasteiger partial charge in [0.1, 0.15) is 0 Å². The largest absolute Gasteiger partial charge is 0.312 e. The summed E-state index contributed by atoms with van der Waals surface area (Å²) in [5.74, 6) is 0. The van der Waals surface area contributed by atoms with E-state index in [1.54, 1.807) is 6.07 Å². The monoisotopic (exact) mass is 315 g/mol. The molecule has 0 spiro atoms.